The Morgan fingerprint density at radius 2 is 1.77 bits per heavy atom. The third-order valence-electron chi connectivity index (χ3n) is 4.76. The van der Waals surface area contributed by atoms with E-state index in [-0.39, 0.29) is 17.1 Å². The van der Waals surface area contributed by atoms with Crippen LogP contribution in [0.2, 0.25) is 0 Å². The van der Waals surface area contributed by atoms with E-state index >= 15 is 0 Å². The summed E-state index contributed by atoms with van der Waals surface area (Å²) in [7, 11) is 0. The number of amides is 1. The summed E-state index contributed by atoms with van der Waals surface area (Å²) >= 11 is 1.80. The molecule has 4 heteroatoms. The molecule has 1 aliphatic rings. The normalized spacial score (nSPS) is 17.7. The number of benzene rings is 2. The monoisotopic (exact) mass is 367 g/mol. The van der Waals surface area contributed by atoms with Gasteiger partial charge in [0.15, 0.2) is 5.78 Å². The van der Waals surface area contributed by atoms with Crippen molar-refractivity contribution in [1.29, 1.82) is 0 Å². The fourth-order valence-corrected chi connectivity index (χ4v) is 4.56. The number of carbonyl (C=O) groups excluding carboxylic acids is 2. The van der Waals surface area contributed by atoms with Crippen LogP contribution in [0.15, 0.2) is 60.7 Å². The Morgan fingerprint density at radius 1 is 1.12 bits per heavy atom. The van der Waals surface area contributed by atoms with Gasteiger partial charge in [0.2, 0.25) is 5.91 Å². The molecule has 2 atom stereocenters. The van der Waals surface area contributed by atoms with Gasteiger partial charge in [-0.15, -0.1) is 11.8 Å². The largest absolute Gasteiger partial charge is 0.316 e. The molecule has 1 fully saturated rings. The van der Waals surface area contributed by atoms with Gasteiger partial charge in [-0.2, -0.15) is 0 Å². The molecule has 1 aliphatic heterocycles. The van der Waals surface area contributed by atoms with Crippen molar-refractivity contribution in [2.75, 3.05) is 5.75 Å². The fourth-order valence-electron chi connectivity index (χ4n) is 3.32. The highest BCUT2D eigenvalue weighted by Crippen LogP contribution is 2.38. The second-order valence-electron chi connectivity index (χ2n) is 6.55. The van der Waals surface area contributed by atoms with E-state index in [1.54, 1.807) is 16.7 Å². The quantitative estimate of drug-likeness (QED) is 0.479. The molecule has 2 aromatic rings. The van der Waals surface area contributed by atoms with Crippen LogP contribution in [0.3, 0.4) is 0 Å². The highest BCUT2D eigenvalue weighted by Gasteiger charge is 2.43. The maximum absolute atomic E-state index is 12.5. The zero-order chi connectivity index (χ0) is 18.4. The topological polar surface area (TPSA) is 37.4 Å². The predicted octanol–water partition coefficient (Wildman–Crippen LogP) is 4.63. The number of likely N-dealkylation sites (tertiary alicyclic amines) is 1. The summed E-state index contributed by atoms with van der Waals surface area (Å²) in [5.74, 6) is 1.19. The van der Waals surface area contributed by atoms with Crippen LogP contribution in [-0.4, -0.2) is 27.7 Å². The van der Waals surface area contributed by atoms with E-state index in [4.69, 9.17) is 0 Å². The zero-order valence-electron chi connectivity index (χ0n) is 15.1. The van der Waals surface area contributed by atoms with Gasteiger partial charge < -0.3 is 4.90 Å². The van der Waals surface area contributed by atoms with E-state index in [0.29, 0.717) is 12.8 Å². The van der Waals surface area contributed by atoms with Crippen LogP contribution < -0.4 is 0 Å². The number of aryl methyl sites for hydroxylation is 1. The van der Waals surface area contributed by atoms with E-state index < -0.39 is 6.04 Å². The van der Waals surface area contributed by atoms with Crippen molar-refractivity contribution in [3.8, 4) is 0 Å². The van der Waals surface area contributed by atoms with Gasteiger partial charge in [-0.25, -0.2) is 0 Å². The Kier molecular flexibility index (Phi) is 6.51. The minimum atomic E-state index is -0.436. The molecule has 0 saturated carbocycles. The highest BCUT2D eigenvalue weighted by molar-refractivity contribution is 7.99. The molecule has 0 spiro atoms. The van der Waals surface area contributed by atoms with Gasteiger partial charge in [0.25, 0.3) is 0 Å². The number of β-lactam (4-membered cyclic amide) rings is 1. The standard InChI is InChI=1S/C22H25NO2S/c1-2-19(24)22(18-13-7-4-8-14-18)23-20(25)16-21(23)26-15-9-12-17-10-5-3-6-11-17/h3-8,10-11,13-14,21-22H,2,9,12,15-16H2,1H3. The van der Waals surface area contributed by atoms with Crippen LogP contribution in [0, 0.1) is 0 Å². The van der Waals surface area contributed by atoms with Gasteiger partial charge in [0, 0.05) is 6.42 Å². The second-order valence-corrected chi connectivity index (χ2v) is 7.84. The molecule has 1 amide bonds. The van der Waals surface area contributed by atoms with Crippen molar-refractivity contribution < 1.29 is 9.59 Å². The number of ketones is 1. The Balaban J connectivity index is 1.60. The van der Waals surface area contributed by atoms with Crippen LogP contribution in [-0.2, 0) is 16.0 Å². The summed E-state index contributed by atoms with van der Waals surface area (Å²) in [4.78, 5) is 26.6. The maximum Gasteiger partial charge on any atom is 0.227 e. The maximum atomic E-state index is 12.5. The molecule has 0 N–H and O–H groups in total. The number of hydrogen-bond acceptors (Lipinski definition) is 3. The average Bonchev–Trinajstić information content (AvgIpc) is 2.69. The van der Waals surface area contributed by atoms with Crippen LogP contribution in [0.4, 0.5) is 0 Å². The third kappa shape index (κ3) is 4.36. The predicted molar refractivity (Wildman–Crippen MR) is 107 cm³/mol. The second kappa shape index (κ2) is 9.04. The van der Waals surface area contributed by atoms with Crippen molar-refractivity contribution in [2.45, 2.75) is 44.0 Å². The lowest BCUT2D eigenvalue weighted by Crippen LogP contribution is -2.54. The summed E-state index contributed by atoms with van der Waals surface area (Å²) in [5.41, 5.74) is 2.26. The summed E-state index contributed by atoms with van der Waals surface area (Å²) in [6, 6.07) is 19.7. The first kappa shape index (κ1) is 18.7. The molecule has 0 bridgehead atoms. The average molecular weight is 368 g/mol. The Bertz CT molecular complexity index is 732. The molecular weight excluding hydrogens is 342 g/mol. The van der Waals surface area contributed by atoms with E-state index in [0.717, 1.165) is 24.2 Å². The van der Waals surface area contributed by atoms with Crippen molar-refractivity contribution in [2.24, 2.45) is 0 Å². The van der Waals surface area contributed by atoms with Gasteiger partial charge in [0.05, 0.1) is 11.8 Å². The number of rotatable bonds is 9. The van der Waals surface area contributed by atoms with E-state index in [1.807, 2.05) is 43.3 Å². The number of nitrogens with zero attached hydrogens (tertiary/aromatic N) is 1. The number of hydrogen-bond donors (Lipinski definition) is 0. The molecule has 136 valence electrons. The molecule has 0 radical (unpaired) electrons. The van der Waals surface area contributed by atoms with E-state index in [2.05, 4.69) is 24.3 Å². The Morgan fingerprint density at radius 3 is 2.38 bits per heavy atom. The van der Waals surface area contributed by atoms with E-state index in [1.165, 1.54) is 5.56 Å². The number of Topliss-reactive ketones (excluding diaryl/α,β-unsaturated/α-hetero) is 1. The zero-order valence-corrected chi connectivity index (χ0v) is 16.0. The first-order chi connectivity index (χ1) is 12.7. The molecule has 1 saturated heterocycles. The van der Waals surface area contributed by atoms with Gasteiger partial charge in [-0.3, -0.25) is 9.59 Å². The van der Waals surface area contributed by atoms with Crippen LogP contribution in [0.5, 0.6) is 0 Å². The highest BCUT2D eigenvalue weighted by atomic mass is 32.2. The molecule has 1 heterocycles. The van der Waals surface area contributed by atoms with Crippen LogP contribution >= 0.6 is 11.8 Å². The summed E-state index contributed by atoms with van der Waals surface area (Å²) < 4.78 is 0. The van der Waals surface area contributed by atoms with Crippen molar-refractivity contribution in [1.82, 2.24) is 4.90 Å². The first-order valence-electron chi connectivity index (χ1n) is 9.25. The fraction of sp³-hybridized carbons (Fsp3) is 0.364. The Hall–Kier alpha value is -2.07. The number of carbonyl (C=O) groups is 2. The molecule has 0 aromatic heterocycles. The van der Waals surface area contributed by atoms with Crippen molar-refractivity contribution in [3.05, 3.63) is 71.8 Å². The summed E-state index contributed by atoms with van der Waals surface area (Å²) in [5, 5.41) is 0.110. The van der Waals surface area contributed by atoms with Crippen LogP contribution in [0.25, 0.3) is 0 Å². The molecule has 0 aliphatic carbocycles. The van der Waals surface area contributed by atoms with Gasteiger partial charge in [-0.05, 0) is 29.7 Å². The lowest BCUT2D eigenvalue weighted by molar-refractivity contribution is -0.150. The summed E-state index contributed by atoms with van der Waals surface area (Å²) in [6.45, 7) is 1.87. The van der Waals surface area contributed by atoms with Gasteiger partial charge in [-0.1, -0.05) is 67.6 Å². The smallest absolute Gasteiger partial charge is 0.227 e. The third-order valence-corrected chi connectivity index (χ3v) is 6.06. The molecule has 2 aromatic carbocycles. The Labute approximate surface area is 159 Å². The minimum Gasteiger partial charge on any atom is -0.316 e. The molecular formula is C22H25NO2S. The number of thioether (sulfide) groups is 1. The minimum absolute atomic E-state index is 0.0845. The van der Waals surface area contributed by atoms with Crippen LogP contribution in [0.1, 0.15) is 43.4 Å². The SMILES string of the molecule is CCC(=O)C(c1ccccc1)N1C(=O)CC1SCCCc1ccccc1. The first-order valence-corrected chi connectivity index (χ1v) is 10.3. The molecule has 3 nitrogen and oxygen atoms in total. The molecule has 26 heavy (non-hydrogen) atoms. The molecule has 3 rings (SSSR count). The van der Waals surface area contributed by atoms with Crippen molar-refractivity contribution in [3.63, 3.8) is 0 Å². The lowest BCUT2D eigenvalue weighted by atomic mass is 9.96. The van der Waals surface area contributed by atoms with Gasteiger partial charge in [0.1, 0.15) is 6.04 Å². The van der Waals surface area contributed by atoms with Gasteiger partial charge >= 0.3 is 0 Å². The molecule has 2 unspecified atom stereocenters. The lowest BCUT2D eigenvalue weighted by Gasteiger charge is -2.44. The van der Waals surface area contributed by atoms with Crippen molar-refractivity contribution >= 4 is 23.5 Å². The summed E-state index contributed by atoms with van der Waals surface area (Å²) in [6.07, 6.45) is 3.10. The van der Waals surface area contributed by atoms with E-state index in [9.17, 15) is 9.59 Å².